The Bertz CT molecular complexity index is 1020. The Balaban J connectivity index is 1.65. The van der Waals surface area contributed by atoms with Crippen LogP contribution in [0.4, 0.5) is 0 Å². The Morgan fingerprint density at radius 3 is 2.54 bits per heavy atom. The third kappa shape index (κ3) is 4.97. The van der Waals surface area contributed by atoms with Crippen molar-refractivity contribution in [3.63, 3.8) is 0 Å². The minimum atomic E-state index is -0.164. The molecule has 3 aromatic rings. The van der Waals surface area contributed by atoms with Crippen LogP contribution in [-0.2, 0) is 17.9 Å². The Kier molecular flexibility index (Phi) is 6.44. The topological polar surface area (TPSA) is 69.3 Å². The van der Waals surface area contributed by atoms with Crippen molar-refractivity contribution in [2.45, 2.75) is 20.0 Å². The number of rotatable bonds is 7. The Labute approximate surface area is 168 Å². The maximum Gasteiger partial charge on any atom is 0.258 e. The van der Waals surface area contributed by atoms with Crippen molar-refractivity contribution < 1.29 is 4.79 Å². The summed E-state index contributed by atoms with van der Waals surface area (Å²) >= 11 is 5.90. The molecule has 0 atom stereocenters. The maximum absolute atomic E-state index is 12.6. The van der Waals surface area contributed by atoms with Crippen LogP contribution in [0.5, 0.6) is 0 Å². The summed E-state index contributed by atoms with van der Waals surface area (Å²) in [5.74, 6) is 0.554. The van der Waals surface area contributed by atoms with Crippen molar-refractivity contribution in [2.75, 3.05) is 20.1 Å². The molecule has 3 rings (SSSR count). The fourth-order valence-corrected chi connectivity index (χ4v) is 3.09. The first-order valence-electron chi connectivity index (χ1n) is 9.15. The lowest BCUT2D eigenvalue weighted by Gasteiger charge is -2.23. The molecular weight excluding hydrogens is 376 g/mol. The molecule has 0 radical (unpaired) electrons. The number of likely N-dealkylation sites (N-methyl/N-ethyl adjacent to an activating group) is 2. The molecule has 28 heavy (non-hydrogen) atoms. The first-order valence-corrected chi connectivity index (χ1v) is 9.52. The van der Waals surface area contributed by atoms with Gasteiger partial charge in [0.25, 0.3) is 5.56 Å². The number of H-pyrrole nitrogens is 1. The third-order valence-corrected chi connectivity index (χ3v) is 4.85. The summed E-state index contributed by atoms with van der Waals surface area (Å²) in [6, 6.07) is 14.7. The smallest absolute Gasteiger partial charge is 0.258 e. The van der Waals surface area contributed by atoms with Crippen LogP contribution in [0.3, 0.4) is 0 Å². The first kappa shape index (κ1) is 20.0. The number of halogens is 1. The highest BCUT2D eigenvalue weighted by Crippen LogP contribution is 2.12. The van der Waals surface area contributed by atoms with Crippen molar-refractivity contribution >= 4 is 28.4 Å². The molecule has 0 fully saturated rings. The van der Waals surface area contributed by atoms with Crippen LogP contribution in [0.15, 0.2) is 53.3 Å². The van der Waals surface area contributed by atoms with Gasteiger partial charge in [-0.3, -0.25) is 14.5 Å². The van der Waals surface area contributed by atoms with Crippen molar-refractivity contribution in [1.82, 2.24) is 19.8 Å². The van der Waals surface area contributed by atoms with Crippen LogP contribution in [0.2, 0.25) is 5.02 Å². The average Bonchev–Trinajstić information content (AvgIpc) is 2.69. The zero-order valence-electron chi connectivity index (χ0n) is 16.0. The number of carbonyl (C=O) groups excluding carboxylic acids is 1. The summed E-state index contributed by atoms with van der Waals surface area (Å²) in [5.41, 5.74) is 1.51. The molecule has 0 aliphatic carbocycles. The SMILES string of the molecule is CCN(CC(=O)N(C)Cc1ccc(Cl)cc1)Cc1nc2ccccc2c(=O)[nH]1. The van der Waals surface area contributed by atoms with E-state index in [0.717, 1.165) is 5.56 Å². The molecule has 0 unspecified atom stereocenters. The van der Waals surface area contributed by atoms with Gasteiger partial charge in [0.15, 0.2) is 0 Å². The highest BCUT2D eigenvalue weighted by Gasteiger charge is 2.15. The minimum absolute atomic E-state index is 0.0000592. The van der Waals surface area contributed by atoms with E-state index in [2.05, 4.69) is 9.97 Å². The maximum atomic E-state index is 12.6. The fraction of sp³-hybridized carbons (Fsp3) is 0.286. The third-order valence-electron chi connectivity index (χ3n) is 4.60. The van der Waals surface area contributed by atoms with Gasteiger partial charge in [-0.05, 0) is 36.4 Å². The van der Waals surface area contributed by atoms with E-state index in [4.69, 9.17) is 11.6 Å². The van der Waals surface area contributed by atoms with Gasteiger partial charge in [-0.15, -0.1) is 0 Å². The van der Waals surface area contributed by atoms with Crippen molar-refractivity contribution in [1.29, 1.82) is 0 Å². The quantitative estimate of drug-likeness (QED) is 0.664. The van der Waals surface area contributed by atoms with Gasteiger partial charge in [0.1, 0.15) is 5.82 Å². The lowest BCUT2D eigenvalue weighted by atomic mass is 10.2. The van der Waals surface area contributed by atoms with Crippen LogP contribution < -0.4 is 5.56 Å². The number of nitrogens with one attached hydrogen (secondary N) is 1. The lowest BCUT2D eigenvalue weighted by molar-refractivity contribution is -0.131. The predicted octanol–water partition coefficient (Wildman–Crippen LogP) is 3.06. The van der Waals surface area contributed by atoms with Crippen molar-refractivity contribution in [2.24, 2.45) is 0 Å². The molecule has 0 aliphatic heterocycles. The number of hydrogen-bond acceptors (Lipinski definition) is 4. The molecule has 1 heterocycles. The zero-order chi connectivity index (χ0) is 20.1. The molecule has 6 nitrogen and oxygen atoms in total. The largest absolute Gasteiger partial charge is 0.340 e. The monoisotopic (exact) mass is 398 g/mol. The van der Waals surface area contributed by atoms with Crippen LogP contribution in [-0.4, -0.2) is 45.8 Å². The summed E-state index contributed by atoms with van der Waals surface area (Å²) in [5, 5.41) is 1.24. The highest BCUT2D eigenvalue weighted by molar-refractivity contribution is 6.30. The number of para-hydroxylation sites is 1. The molecule has 1 amide bonds. The summed E-state index contributed by atoms with van der Waals surface area (Å²) in [7, 11) is 1.78. The second-order valence-corrected chi connectivity index (χ2v) is 7.15. The lowest BCUT2D eigenvalue weighted by Crippen LogP contribution is -2.38. The van der Waals surface area contributed by atoms with Crippen LogP contribution in [0, 0.1) is 0 Å². The number of carbonyl (C=O) groups is 1. The standard InChI is InChI=1S/C21H23ClN4O2/c1-3-26(13-19-23-18-7-5-4-6-17(18)21(28)24-19)14-20(27)25(2)12-15-8-10-16(22)11-9-15/h4-11H,3,12-14H2,1-2H3,(H,23,24,28). The van der Waals surface area contributed by atoms with Crippen LogP contribution in [0.1, 0.15) is 18.3 Å². The molecule has 7 heteroatoms. The van der Waals surface area contributed by atoms with Gasteiger partial charge in [0.2, 0.25) is 5.91 Å². The van der Waals surface area contributed by atoms with Crippen molar-refractivity contribution in [3.8, 4) is 0 Å². The second-order valence-electron chi connectivity index (χ2n) is 6.71. The molecule has 0 bridgehead atoms. The molecule has 0 spiro atoms. The summed E-state index contributed by atoms with van der Waals surface area (Å²) in [6.07, 6.45) is 0. The molecule has 146 valence electrons. The number of aromatic nitrogens is 2. The summed E-state index contributed by atoms with van der Waals surface area (Å²) in [4.78, 5) is 35.8. The molecular formula is C21H23ClN4O2. The van der Waals surface area contributed by atoms with Crippen LogP contribution >= 0.6 is 11.6 Å². The van der Waals surface area contributed by atoms with Gasteiger partial charge in [-0.1, -0.05) is 42.8 Å². The average molecular weight is 399 g/mol. The number of amides is 1. The minimum Gasteiger partial charge on any atom is -0.340 e. The van der Waals surface area contributed by atoms with E-state index >= 15 is 0 Å². The Hall–Kier alpha value is -2.70. The fourth-order valence-electron chi connectivity index (χ4n) is 2.96. The van der Waals surface area contributed by atoms with E-state index in [9.17, 15) is 9.59 Å². The highest BCUT2D eigenvalue weighted by atomic mass is 35.5. The van der Waals surface area contributed by atoms with E-state index in [-0.39, 0.29) is 18.0 Å². The van der Waals surface area contributed by atoms with E-state index in [0.29, 0.717) is 41.4 Å². The van der Waals surface area contributed by atoms with Gasteiger partial charge in [-0.25, -0.2) is 4.98 Å². The van der Waals surface area contributed by atoms with E-state index in [1.807, 2.05) is 54.3 Å². The van der Waals surface area contributed by atoms with Gasteiger partial charge in [0.05, 0.1) is 24.0 Å². The molecule has 0 aliphatic rings. The Morgan fingerprint density at radius 1 is 1.11 bits per heavy atom. The zero-order valence-corrected chi connectivity index (χ0v) is 16.7. The predicted molar refractivity (Wildman–Crippen MR) is 111 cm³/mol. The Morgan fingerprint density at radius 2 is 1.82 bits per heavy atom. The van der Waals surface area contributed by atoms with Gasteiger partial charge in [-0.2, -0.15) is 0 Å². The number of benzene rings is 2. The van der Waals surface area contributed by atoms with E-state index < -0.39 is 0 Å². The molecule has 1 N–H and O–H groups in total. The molecule has 0 saturated heterocycles. The number of aromatic amines is 1. The van der Waals surface area contributed by atoms with E-state index in [1.165, 1.54) is 0 Å². The summed E-state index contributed by atoms with van der Waals surface area (Å²) in [6.45, 7) is 3.80. The van der Waals surface area contributed by atoms with Crippen molar-refractivity contribution in [3.05, 3.63) is 75.3 Å². The first-order chi connectivity index (χ1) is 13.5. The molecule has 2 aromatic carbocycles. The number of hydrogen-bond donors (Lipinski definition) is 1. The number of fused-ring (bicyclic) bond motifs is 1. The second kappa shape index (κ2) is 8.99. The van der Waals surface area contributed by atoms with Gasteiger partial charge in [0, 0.05) is 18.6 Å². The van der Waals surface area contributed by atoms with Gasteiger partial charge < -0.3 is 9.88 Å². The molecule has 0 saturated carbocycles. The molecule has 1 aromatic heterocycles. The summed E-state index contributed by atoms with van der Waals surface area (Å²) < 4.78 is 0. The normalized spacial score (nSPS) is 11.1. The van der Waals surface area contributed by atoms with Gasteiger partial charge >= 0.3 is 0 Å². The van der Waals surface area contributed by atoms with E-state index in [1.54, 1.807) is 18.0 Å². The van der Waals surface area contributed by atoms with Crippen LogP contribution in [0.25, 0.3) is 10.9 Å². The number of nitrogens with zero attached hydrogens (tertiary/aromatic N) is 3.